The van der Waals surface area contributed by atoms with Gasteiger partial charge in [0.05, 0.1) is 16.5 Å². The Morgan fingerprint density at radius 2 is 1.78 bits per heavy atom. The van der Waals surface area contributed by atoms with Crippen LogP contribution in [0.5, 0.6) is 0 Å². The van der Waals surface area contributed by atoms with E-state index in [9.17, 15) is 9.59 Å². The molecule has 2 amide bonds. The normalized spacial score (nSPS) is 11.7. The highest BCUT2D eigenvalue weighted by atomic mass is 35.5. The number of benzene rings is 2. The minimum atomic E-state index is -0.587. The SMILES string of the molecule is CCC(C(=O)NC)N(Cc1ccc(Cl)c(Cl)c1)C(=O)Cc1cccc(Cl)c1. The molecule has 0 saturated heterocycles. The summed E-state index contributed by atoms with van der Waals surface area (Å²) in [6.45, 7) is 2.12. The van der Waals surface area contributed by atoms with E-state index in [4.69, 9.17) is 34.8 Å². The van der Waals surface area contributed by atoms with Crippen molar-refractivity contribution in [2.75, 3.05) is 7.05 Å². The fraction of sp³-hybridized carbons (Fsp3) is 0.300. The summed E-state index contributed by atoms with van der Waals surface area (Å²) >= 11 is 18.1. The number of hydrogen-bond acceptors (Lipinski definition) is 2. The van der Waals surface area contributed by atoms with Gasteiger partial charge in [0.2, 0.25) is 11.8 Å². The maximum Gasteiger partial charge on any atom is 0.242 e. The first-order valence-corrected chi connectivity index (χ1v) is 9.68. The Kier molecular flexibility index (Phi) is 7.96. The molecule has 0 heterocycles. The predicted molar refractivity (Wildman–Crippen MR) is 110 cm³/mol. The highest BCUT2D eigenvalue weighted by molar-refractivity contribution is 6.42. The quantitative estimate of drug-likeness (QED) is 0.693. The Hall–Kier alpha value is -1.75. The summed E-state index contributed by atoms with van der Waals surface area (Å²) < 4.78 is 0. The van der Waals surface area contributed by atoms with E-state index < -0.39 is 6.04 Å². The fourth-order valence-electron chi connectivity index (χ4n) is 2.84. The van der Waals surface area contributed by atoms with Crippen LogP contribution in [0.4, 0.5) is 0 Å². The van der Waals surface area contributed by atoms with Gasteiger partial charge in [0.1, 0.15) is 6.04 Å². The van der Waals surface area contributed by atoms with Crippen LogP contribution in [0.3, 0.4) is 0 Å². The summed E-state index contributed by atoms with van der Waals surface area (Å²) in [5.41, 5.74) is 1.59. The molecule has 2 rings (SSSR count). The van der Waals surface area contributed by atoms with E-state index in [0.717, 1.165) is 11.1 Å². The zero-order valence-electron chi connectivity index (χ0n) is 15.1. The van der Waals surface area contributed by atoms with Crippen molar-refractivity contribution in [1.29, 1.82) is 0 Å². The van der Waals surface area contributed by atoms with Gasteiger partial charge < -0.3 is 10.2 Å². The third-order valence-corrected chi connectivity index (χ3v) is 5.19. The van der Waals surface area contributed by atoms with Crippen LogP contribution in [-0.4, -0.2) is 29.8 Å². The number of amides is 2. The van der Waals surface area contributed by atoms with Gasteiger partial charge >= 0.3 is 0 Å². The van der Waals surface area contributed by atoms with E-state index in [-0.39, 0.29) is 24.8 Å². The van der Waals surface area contributed by atoms with Crippen molar-refractivity contribution in [1.82, 2.24) is 10.2 Å². The lowest BCUT2D eigenvalue weighted by atomic mass is 10.1. The van der Waals surface area contributed by atoms with Gasteiger partial charge in [0.15, 0.2) is 0 Å². The summed E-state index contributed by atoms with van der Waals surface area (Å²) in [5.74, 6) is -0.379. The van der Waals surface area contributed by atoms with Gasteiger partial charge in [-0.2, -0.15) is 0 Å². The summed E-state index contributed by atoms with van der Waals surface area (Å²) in [4.78, 5) is 26.9. The third-order valence-electron chi connectivity index (χ3n) is 4.21. The molecule has 27 heavy (non-hydrogen) atoms. The predicted octanol–water partition coefficient (Wildman–Crippen LogP) is 4.74. The Labute approximate surface area is 174 Å². The van der Waals surface area contributed by atoms with E-state index >= 15 is 0 Å². The largest absolute Gasteiger partial charge is 0.357 e. The highest BCUT2D eigenvalue weighted by Gasteiger charge is 2.28. The third kappa shape index (κ3) is 5.86. The summed E-state index contributed by atoms with van der Waals surface area (Å²) in [7, 11) is 1.56. The van der Waals surface area contributed by atoms with E-state index in [2.05, 4.69) is 5.32 Å². The minimum Gasteiger partial charge on any atom is -0.357 e. The van der Waals surface area contributed by atoms with Crippen molar-refractivity contribution in [3.05, 3.63) is 68.7 Å². The number of rotatable bonds is 7. The molecule has 0 fully saturated rings. The maximum absolute atomic E-state index is 13.0. The molecule has 0 spiro atoms. The van der Waals surface area contributed by atoms with Crippen LogP contribution in [-0.2, 0) is 22.6 Å². The second-order valence-electron chi connectivity index (χ2n) is 6.12. The molecule has 0 saturated carbocycles. The Bertz CT molecular complexity index is 827. The first-order chi connectivity index (χ1) is 12.8. The number of nitrogens with zero attached hydrogens (tertiary/aromatic N) is 1. The number of carbonyl (C=O) groups is 2. The number of carbonyl (C=O) groups excluding carboxylic acids is 2. The average molecular weight is 428 g/mol. The van der Waals surface area contributed by atoms with Gasteiger partial charge in [0.25, 0.3) is 0 Å². The van der Waals surface area contributed by atoms with E-state index in [0.29, 0.717) is 21.5 Å². The van der Waals surface area contributed by atoms with Gasteiger partial charge in [-0.3, -0.25) is 9.59 Å². The molecule has 144 valence electrons. The second kappa shape index (κ2) is 9.98. The topological polar surface area (TPSA) is 49.4 Å². The molecule has 2 aromatic rings. The van der Waals surface area contributed by atoms with Crippen molar-refractivity contribution in [3.8, 4) is 0 Å². The van der Waals surface area contributed by atoms with Gasteiger partial charge in [-0.05, 0) is 41.8 Å². The lowest BCUT2D eigenvalue weighted by Crippen LogP contribution is -2.48. The van der Waals surface area contributed by atoms with Crippen molar-refractivity contribution >= 4 is 46.6 Å². The van der Waals surface area contributed by atoms with Crippen LogP contribution in [0.2, 0.25) is 15.1 Å². The first kappa shape index (κ1) is 21.5. The molecule has 1 atom stereocenters. The van der Waals surface area contributed by atoms with Crippen LogP contribution in [0.25, 0.3) is 0 Å². The van der Waals surface area contributed by atoms with Crippen molar-refractivity contribution in [2.45, 2.75) is 32.4 Å². The summed E-state index contributed by atoms with van der Waals surface area (Å²) in [6.07, 6.45) is 0.637. The van der Waals surface area contributed by atoms with Crippen LogP contribution >= 0.6 is 34.8 Å². The molecule has 0 aliphatic carbocycles. The fourth-order valence-corrected chi connectivity index (χ4v) is 3.38. The monoisotopic (exact) mass is 426 g/mol. The molecule has 2 aromatic carbocycles. The smallest absolute Gasteiger partial charge is 0.242 e. The van der Waals surface area contributed by atoms with E-state index in [1.165, 1.54) is 0 Å². The molecular weight excluding hydrogens is 407 g/mol. The molecule has 0 aliphatic heterocycles. The van der Waals surface area contributed by atoms with Crippen molar-refractivity contribution in [3.63, 3.8) is 0 Å². The van der Waals surface area contributed by atoms with E-state index in [1.54, 1.807) is 48.3 Å². The number of nitrogens with one attached hydrogen (secondary N) is 1. The molecule has 0 bridgehead atoms. The molecule has 0 aliphatic rings. The summed E-state index contributed by atoms with van der Waals surface area (Å²) in [5, 5.41) is 4.04. The van der Waals surface area contributed by atoms with Gasteiger partial charge in [0, 0.05) is 18.6 Å². The Morgan fingerprint density at radius 1 is 1.04 bits per heavy atom. The lowest BCUT2D eigenvalue weighted by molar-refractivity contribution is -0.140. The highest BCUT2D eigenvalue weighted by Crippen LogP contribution is 2.24. The molecule has 1 N–H and O–H groups in total. The Balaban J connectivity index is 2.31. The number of hydrogen-bond donors (Lipinski definition) is 1. The first-order valence-electron chi connectivity index (χ1n) is 8.55. The minimum absolute atomic E-state index is 0.148. The van der Waals surface area contributed by atoms with E-state index in [1.807, 2.05) is 13.0 Å². The van der Waals surface area contributed by atoms with Gasteiger partial charge in [-0.25, -0.2) is 0 Å². The van der Waals surface area contributed by atoms with Gasteiger partial charge in [-0.15, -0.1) is 0 Å². The van der Waals surface area contributed by atoms with Crippen LogP contribution in [0.1, 0.15) is 24.5 Å². The molecular formula is C20H21Cl3N2O2. The van der Waals surface area contributed by atoms with Crippen molar-refractivity contribution in [2.24, 2.45) is 0 Å². The average Bonchev–Trinajstić information content (AvgIpc) is 2.64. The molecule has 1 unspecified atom stereocenters. The summed E-state index contributed by atoms with van der Waals surface area (Å²) in [6, 6.07) is 11.7. The number of likely N-dealkylation sites (N-methyl/N-ethyl adjacent to an activating group) is 1. The van der Waals surface area contributed by atoms with Crippen LogP contribution in [0, 0.1) is 0 Å². The Morgan fingerprint density at radius 3 is 2.37 bits per heavy atom. The molecule has 7 heteroatoms. The molecule has 0 aromatic heterocycles. The van der Waals surface area contributed by atoms with Crippen molar-refractivity contribution < 1.29 is 9.59 Å². The van der Waals surface area contributed by atoms with Gasteiger partial charge in [-0.1, -0.05) is 59.9 Å². The second-order valence-corrected chi connectivity index (χ2v) is 7.37. The standard InChI is InChI=1S/C20H21Cl3N2O2/c1-3-18(20(27)24-2)25(12-14-7-8-16(22)17(23)10-14)19(26)11-13-5-4-6-15(21)9-13/h4-10,18H,3,11-12H2,1-2H3,(H,24,27). The van der Waals surface area contributed by atoms with Crippen LogP contribution < -0.4 is 5.32 Å². The zero-order chi connectivity index (χ0) is 20.0. The lowest BCUT2D eigenvalue weighted by Gasteiger charge is -2.30. The maximum atomic E-state index is 13.0. The number of halogens is 3. The van der Waals surface area contributed by atoms with Crippen LogP contribution in [0.15, 0.2) is 42.5 Å². The zero-order valence-corrected chi connectivity index (χ0v) is 17.4. The molecule has 0 radical (unpaired) electrons. The molecule has 4 nitrogen and oxygen atoms in total.